The fourth-order valence-corrected chi connectivity index (χ4v) is 4.80. The van der Waals surface area contributed by atoms with Gasteiger partial charge in [-0.3, -0.25) is 9.78 Å². The van der Waals surface area contributed by atoms with Crippen LogP contribution in [0.5, 0.6) is 0 Å². The van der Waals surface area contributed by atoms with E-state index in [4.69, 9.17) is 19.8 Å². The van der Waals surface area contributed by atoms with Crippen molar-refractivity contribution >= 4 is 36.6 Å². The zero-order valence-electron chi connectivity index (χ0n) is 24.7. The second kappa shape index (κ2) is 14.1. The molecule has 2 aliphatic rings. The van der Waals surface area contributed by atoms with Crippen LogP contribution in [0.15, 0.2) is 57.2 Å². The molecule has 5 rings (SSSR count). The number of carbonyl (C=O) groups is 1. The third-order valence-corrected chi connectivity index (χ3v) is 7.24. The number of rotatable bonds is 12. The molecule has 0 bridgehead atoms. The first-order valence-electron chi connectivity index (χ1n) is 14.2. The number of halogens is 3. The van der Waals surface area contributed by atoms with Crippen LogP contribution in [0.2, 0.25) is 0 Å². The lowest BCUT2D eigenvalue weighted by Crippen LogP contribution is -2.31. The monoisotopic (exact) mass is 631 g/mol. The van der Waals surface area contributed by atoms with Crippen LogP contribution in [0.1, 0.15) is 58.7 Å². The maximum absolute atomic E-state index is 15.7. The van der Waals surface area contributed by atoms with E-state index in [0.717, 1.165) is 12.5 Å². The number of benzene rings is 1. The van der Waals surface area contributed by atoms with Crippen molar-refractivity contribution in [2.24, 2.45) is 15.0 Å². The van der Waals surface area contributed by atoms with Gasteiger partial charge in [0.2, 0.25) is 5.88 Å². The van der Waals surface area contributed by atoms with Crippen molar-refractivity contribution in [1.82, 2.24) is 14.5 Å². The highest BCUT2D eigenvalue weighted by Gasteiger charge is 2.25. The Balaban J connectivity index is 1.42. The smallest absolute Gasteiger partial charge is 0.307 e. The number of pyridine rings is 1. The lowest BCUT2D eigenvalue weighted by atomic mass is 10.0. The minimum Gasteiger partial charge on any atom is -0.481 e. The highest BCUT2D eigenvalue weighted by atomic mass is 19.1. The van der Waals surface area contributed by atoms with Crippen LogP contribution in [-0.2, 0) is 33.8 Å². The van der Waals surface area contributed by atoms with E-state index in [0.29, 0.717) is 41.6 Å². The zero-order valence-corrected chi connectivity index (χ0v) is 24.7. The second-order valence-corrected chi connectivity index (χ2v) is 10.4. The molecule has 14 heteroatoms. The molecule has 46 heavy (non-hydrogen) atoms. The lowest BCUT2D eigenvalue weighted by Gasteiger charge is -2.27. The molecule has 4 heterocycles. The number of aliphatic carboxylic acids is 1. The molecule has 1 unspecified atom stereocenters. The quantitative estimate of drug-likeness (QED) is 0.259. The normalized spacial score (nSPS) is 16.2. The van der Waals surface area contributed by atoms with Gasteiger partial charge < -0.3 is 19.1 Å². The van der Waals surface area contributed by atoms with Gasteiger partial charge in [-0.25, -0.2) is 28.1 Å². The van der Waals surface area contributed by atoms with Gasteiger partial charge in [0.05, 0.1) is 24.6 Å². The van der Waals surface area contributed by atoms with Gasteiger partial charge in [-0.2, -0.15) is 10.3 Å². The highest BCUT2D eigenvalue weighted by molar-refractivity contribution is 6.05. The summed E-state index contributed by atoms with van der Waals surface area (Å²) in [6.45, 7) is 5.96. The van der Waals surface area contributed by atoms with E-state index in [9.17, 15) is 13.6 Å². The van der Waals surface area contributed by atoms with Crippen LogP contribution in [0.4, 0.5) is 19.0 Å². The first-order chi connectivity index (χ1) is 22.2. The predicted molar refractivity (Wildman–Crippen MR) is 163 cm³/mol. The molecular formula is C32H28F3N7O4. The van der Waals surface area contributed by atoms with E-state index in [-0.39, 0.29) is 48.0 Å². The van der Waals surface area contributed by atoms with Crippen molar-refractivity contribution in [2.75, 3.05) is 6.61 Å². The Morgan fingerprint density at radius 2 is 2.11 bits per heavy atom. The Morgan fingerprint density at radius 3 is 2.78 bits per heavy atom. The molecule has 1 N–H and O–H groups in total. The second-order valence-electron chi connectivity index (χ2n) is 10.4. The summed E-state index contributed by atoms with van der Waals surface area (Å²) in [7, 11) is 0. The molecule has 0 aliphatic carbocycles. The summed E-state index contributed by atoms with van der Waals surface area (Å²) in [6.07, 6.45) is 5.82. The average Bonchev–Trinajstić information content (AvgIpc) is 3.21. The Bertz CT molecular complexity index is 1850. The SMILES string of the molecule is C=Nc1c(/C=C\CC(=O)O)nc(Cc2cc(C)c(C3=NC(OCc4ncc(C#N)cc4F)=C(F)CC=N3)cc2F)n1CC1CCO1. The number of hydrogen-bond acceptors (Lipinski definition) is 9. The van der Waals surface area contributed by atoms with Crippen molar-refractivity contribution in [3.63, 3.8) is 0 Å². The van der Waals surface area contributed by atoms with Gasteiger partial charge >= 0.3 is 5.97 Å². The van der Waals surface area contributed by atoms with E-state index in [1.807, 2.05) is 0 Å². The van der Waals surface area contributed by atoms with Gasteiger partial charge in [0.25, 0.3) is 0 Å². The van der Waals surface area contributed by atoms with Crippen LogP contribution in [0.3, 0.4) is 0 Å². The number of carboxylic acid groups (broad SMARTS) is 1. The standard InChI is InChI=1S/C32H28F3N7O4/c1-18-10-20(12-28-40-26(4-3-5-29(43)44)31(37-2)42(28)16-21-7-9-45-21)24(34)13-22(18)30-38-8-6-23(33)32(41-30)46-17-27-25(35)11-19(14-36)15-39-27/h3-4,8,10-11,13,15,21H,2,5-7,9,12,16-17H2,1H3,(H,43,44)/b4-3-. The number of nitrogens with zero attached hydrogens (tertiary/aromatic N) is 7. The van der Waals surface area contributed by atoms with E-state index in [2.05, 4.69) is 31.7 Å². The van der Waals surface area contributed by atoms with Gasteiger partial charge in [0.1, 0.15) is 41.5 Å². The molecular weight excluding hydrogens is 603 g/mol. The Labute approximate surface area is 261 Å². The Hall–Kier alpha value is -5.42. The van der Waals surface area contributed by atoms with Crippen LogP contribution >= 0.6 is 0 Å². The summed E-state index contributed by atoms with van der Waals surface area (Å²) in [5.41, 5.74) is 1.45. The minimum atomic E-state index is -0.999. The van der Waals surface area contributed by atoms with Crippen LogP contribution < -0.4 is 0 Å². The number of ether oxygens (including phenoxy) is 2. The third-order valence-electron chi connectivity index (χ3n) is 7.24. The average molecular weight is 632 g/mol. The van der Waals surface area contributed by atoms with Crippen molar-refractivity contribution in [1.29, 1.82) is 5.26 Å². The van der Waals surface area contributed by atoms with E-state index >= 15 is 4.39 Å². The fraction of sp³-hybridized carbons (Fsp3) is 0.281. The summed E-state index contributed by atoms with van der Waals surface area (Å²) < 4.78 is 57.6. The fourth-order valence-electron chi connectivity index (χ4n) is 4.80. The van der Waals surface area contributed by atoms with Gasteiger partial charge in [0, 0.05) is 37.4 Å². The minimum absolute atomic E-state index is 0.00788. The van der Waals surface area contributed by atoms with Crippen molar-refractivity contribution in [2.45, 2.75) is 51.9 Å². The largest absolute Gasteiger partial charge is 0.481 e. The number of nitriles is 1. The zero-order chi connectivity index (χ0) is 32.8. The van der Waals surface area contributed by atoms with Crippen LogP contribution in [-0.4, -0.2) is 57.1 Å². The maximum atomic E-state index is 15.7. The summed E-state index contributed by atoms with van der Waals surface area (Å²) >= 11 is 0. The molecule has 0 spiro atoms. The molecule has 236 valence electrons. The third kappa shape index (κ3) is 7.27. The summed E-state index contributed by atoms with van der Waals surface area (Å²) in [5, 5.41) is 17.9. The molecule has 0 amide bonds. The summed E-state index contributed by atoms with van der Waals surface area (Å²) in [6, 6.07) is 5.63. The number of aliphatic imine (C=N–C) groups is 3. The molecule has 1 atom stereocenters. The molecule has 11 nitrogen and oxygen atoms in total. The van der Waals surface area contributed by atoms with Gasteiger partial charge in [0.15, 0.2) is 17.5 Å². The molecule has 0 radical (unpaired) electrons. The number of amidine groups is 1. The van der Waals surface area contributed by atoms with Gasteiger partial charge in [-0.05, 0) is 49.4 Å². The van der Waals surface area contributed by atoms with Crippen molar-refractivity contribution in [3.8, 4) is 6.07 Å². The number of aromatic nitrogens is 3. The number of carboxylic acids is 1. The van der Waals surface area contributed by atoms with Gasteiger partial charge in [-0.1, -0.05) is 12.1 Å². The molecule has 0 saturated carbocycles. The molecule has 1 aromatic carbocycles. The van der Waals surface area contributed by atoms with Crippen LogP contribution in [0.25, 0.3) is 6.08 Å². The molecule has 2 aliphatic heterocycles. The molecule has 2 aromatic heterocycles. The molecule has 1 saturated heterocycles. The van der Waals surface area contributed by atoms with Crippen molar-refractivity contribution < 1.29 is 32.5 Å². The van der Waals surface area contributed by atoms with E-state index in [1.54, 1.807) is 29.7 Å². The summed E-state index contributed by atoms with van der Waals surface area (Å²) in [5.74, 6) is -2.70. The first-order valence-corrected chi connectivity index (χ1v) is 14.2. The Morgan fingerprint density at radius 1 is 1.30 bits per heavy atom. The molecule has 1 fully saturated rings. The maximum Gasteiger partial charge on any atom is 0.307 e. The Kier molecular flexibility index (Phi) is 9.82. The number of aryl methyl sites for hydroxylation is 1. The van der Waals surface area contributed by atoms with Gasteiger partial charge in [-0.15, -0.1) is 0 Å². The van der Waals surface area contributed by atoms with Crippen LogP contribution in [0, 0.1) is 29.9 Å². The molecule has 3 aromatic rings. The van der Waals surface area contributed by atoms with Crippen molar-refractivity contribution in [3.05, 3.63) is 93.3 Å². The first kappa shape index (κ1) is 32.0. The number of allylic oxidation sites excluding steroid dienone is 1. The topological polar surface area (TPSA) is 147 Å². The predicted octanol–water partition coefficient (Wildman–Crippen LogP) is 5.51. The highest BCUT2D eigenvalue weighted by Crippen LogP contribution is 2.29. The number of imidazole rings is 1. The number of hydrogen-bond donors (Lipinski definition) is 1. The lowest BCUT2D eigenvalue weighted by molar-refractivity contribution is -0.135. The summed E-state index contributed by atoms with van der Waals surface area (Å²) in [4.78, 5) is 32.0. The van der Waals surface area contributed by atoms with E-state index < -0.39 is 35.9 Å². The van der Waals surface area contributed by atoms with E-state index in [1.165, 1.54) is 24.6 Å².